The van der Waals surface area contributed by atoms with Crippen molar-refractivity contribution < 1.29 is 19.7 Å². The summed E-state index contributed by atoms with van der Waals surface area (Å²) in [5.74, 6) is -0.426. The first-order valence-corrected chi connectivity index (χ1v) is 4.73. The molecule has 2 N–H and O–H groups in total. The normalized spacial score (nSPS) is 58.2. The number of esters is 1. The Morgan fingerprint density at radius 2 is 2.08 bits per heavy atom. The monoisotopic (exact) mass is 184 g/mol. The van der Waals surface area contributed by atoms with E-state index < -0.39 is 12.2 Å². The zero-order chi connectivity index (χ0) is 9.16. The molecule has 1 saturated heterocycles. The van der Waals surface area contributed by atoms with Crippen LogP contribution in [0.4, 0.5) is 0 Å². The largest absolute Gasteiger partial charge is 0.465 e. The van der Waals surface area contributed by atoms with Crippen LogP contribution in [0.25, 0.3) is 0 Å². The number of carbonyl (C=O) groups is 1. The van der Waals surface area contributed by atoms with Crippen molar-refractivity contribution in [3.8, 4) is 0 Å². The summed E-state index contributed by atoms with van der Waals surface area (Å²) in [7, 11) is 0. The van der Waals surface area contributed by atoms with Crippen LogP contribution in [0.5, 0.6) is 0 Å². The third-order valence-electron chi connectivity index (χ3n) is 3.90. The molecular formula is C9H12O4. The molecule has 3 rings (SSSR count). The molecule has 0 amide bonds. The number of ether oxygens (including phenoxy) is 1. The Kier molecular flexibility index (Phi) is 1.34. The Hall–Kier alpha value is -0.610. The van der Waals surface area contributed by atoms with Gasteiger partial charge in [-0.05, 0) is 6.42 Å². The molecule has 13 heavy (non-hydrogen) atoms. The third kappa shape index (κ3) is 0.758. The van der Waals surface area contributed by atoms with E-state index in [1.807, 2.05) is 0 Å². The van der Waals surface area contributed by atoms with Gasteiger partial charge in [-0.2, -0.15) is 0 Å². The van der Waals surface area contributed by atoms with E-state index in [4.69, 9.17) is 4.74 Å². The van der Waals surface area contributed by atoms with E-state index in [1.165, 1.54) is 0 Å². The van der Waals surface area contributed by atoms with Crippen molar-refractivity contribution in [3.63, 3.8) is 0 Å². The number of hydrogen-bond acceptors (Lipinski definition) is 4. The third-order valence-corrected chi connectivity index (χ3v) is 3.90. The van der Waals surface area contributed by atoms with E-state index in [0.29, 0.717) is 13.0 Å². The van der Waals surface area contributed by atoms with Gasteiger partial charge in [0.15, 0.2) is 0 Å². The molecule has 3 aliphatic rings. The van der Waals surface area contributed by atoms with Crippen LogP contribution in [-0.4, -0.2) is 35.0 Å². The highest BCUT2D eigenvalue weighted by molar-refractivity contribution is 5.76. The van der Waals surface area contributed by atoms with Crippen LogP contribution >= 0.6 is 0 Å². The quantitative estimate of drug-likeness (QED) is 0.481. The lowest BCUT2D eigenvalue weighted by Crippen LogP contribution is -2.31. The van der Waals surface area contributed by atoms with E-state index in [-0.39, 0.29) is 29.6 Å². The molecule has 72 valence electrons. The predicted octanol–water partition coefficient (Wildman–Crippen LogP) is -0.853. The second-order valence-electron chi connectivity index (χ2n) is 4.35. The second-order valence-corrected chi connectivity index (χ2v) is 4.35. The molecule has 4 nitrogen and oxygen atoms in total. The zero-order valence-corrected chi connectivity index (χ0v) is 7.09. The molecule has 6 atom stereocenters. The van der Waals surface area contributed by atoms with Crippen LogP contribution < -0.4 is 0 Å². The Balaban J connectivity index is 1.98. The van der Waals surface area contributed by atoms with Gasteiger partial charge in [0.2, 0.25) is 0 Å². The Morgan fingerprint density at radius 1 is 1.31 bits per heavy atom. The molecule has 2 aliphatic carbocycles. The van der Waals surface area contributed by atoms with Gasteiger partial charge >= 0.3 is 5.97 Å². The highest BCUT2D eigenvalue weighted by Gasteiger charge is 2.63. The fraction of sp³-hybridized carbons (Fsp3) is 0.889. The summed E-state index contributed by atoms with van der Waals surface area (Å²) < 4.78 is 4.94. The Bertz CT molecular complexity index is 262. The summed E-state index contributed by atoms with van der Waals surface area (Å²) >= 11 is 0. The van der Waals surface area contributed by atoms with Crippen LogP contribution in [0.3, 0.4) is 0 Å². The van der Waals surface area contributed by atoms with Gasteiger partial charge in [-0.15, -0.1) is 0 Å². The molecule has 0 spiro atoms. The SMILES string of the molecule is O=C1OC[C@@H]2[C@@H]1[C@@H]1C[C@H](O)[C@H]2[C@@H]1O. The smallest absolute Gasteiger partial charge is 0.309 e. The summed E-state index contributed by atoms with van der Waals surface area (Å²) in [5.41, 5.74) is 0. The van der Waals surface area contributed by atoms with Crippen LogP contribution in [0.15, 0.2) is 0 Å². The van der Waals surface area contributed by atoms with E-state index in [9.17, 15) is 15.0 Å². The van der Waals surface area contributed by atoms with E-state index in [2.05, 4.69) is 0 Å². The Morgan fingerprint density at radius 3 is 2.85 bits per heavy atom. The van der Waals surface area contributed by atoms with E-state index in [1.54, 1.807) is 0 Å². The van der Waals surface area contributed by atoms with Gasteiger partial charge in [-0.3, -0.25) is 4.79 Å². The van der Waals surface area contributed by atoms with Gasteiger partial charge < -0.3 is 14.9 Å². The number of aliphatic hydroxyl groups is 2. The topological polar surface area (TPSA) is 66.8 Å². The molecule has 3 fully saturated rings. The van der Waals surface area contributed by atoms with Crippen LogP contribution in [0, 0.1) is 23.7 Å². The highest BCUT2D eigenvalue weighted by atomic mass is 16.5. The molecule has 4 heteroatoms. The van der Waals surface area contributed by atoms with Gasteiger partial charge in [-0.25, -0.2) is 0 Å². The molecule has 0 aromatic rings. The number of hydrogen-bond donors (Lipinski definition) is 2. The first-order valence-electron chi connectivity index (χ1n) is 4.73. The summed E-state index contributed by atoms with van der Waals surface area (Å²) in [4.78, 5) is 11.3. The van der Waals surface area contributed by atoms with Crippen molar-refractivity contribution >= 4 is 5.97 Å². The number of fused-ring (bicyclic) bond motifs is 5. The number of carbonyl (C=O) groups excluding carboxylic acids is 1. The number of rotatable bonds is 0. The first-order chi connectivity index (χ1) is 6.20. The van der Waals surface area contributed by atoms with E-state index >= 15 is 0 Å². The van der Waals surface area contributed by atoms with Crippen molar-refractivity contribution in [1.29, 1.82) is 0 Å². The van der Waals surface area contributed by atoms with E-state index in [0.717, 1.165) is 0 Å². The summed E-state index contributed by atoms with van der Waals surface area (Å²) in [5, 5.41) is 19.4. The molecule has 0 unspecified atom stereocenters. The van der Waals surface area contributed by atoms with Crippen molar-refractivity contribution in [2.75, 3.05) is 6.61 Å². The average molecular weight is 184 g/mol. The van der Waals surface area contributed by atoms with Gasteiger partial charge in [-0.1, -0.05) is 0 Å². The fourth-order valence-electron chi connectivity index (χ4n) is 3.38. The maximum atomic E-state index is 11.3. The number of aliphatic hydroxyl groups excluding tert-OH is 2. The molecule has 0 aromatic heterocycles. The lowest BCUT2D eigenvalue weighted by molar-refractivity contribution is -0.143. The molecule has 1 aliphatic heterocycles. The summed E-state index contributed by atoms with van der Waals surface area (Å²) in [6.07, 6.45) is -0.365. The maximum Gasteiger partial charge on any atom is 0.309 e. The fourth-order valence-corrected chi connectivity index (χ4v) is 3.38. The predicted molar refractivity (Wildman–Crippen MR) is 41.5 cm³/mol. The average Bonchev–Trinajstić information content (AvgIpc) is 2.64. The zero-order valence-electron chi connectivity index (χ0n) is 7.09. The number of cyclic esters (lactones) is 1. The highest BCUT2D eigenvalue weighted by Crippen LogP contribution is 2.55. The molecule has 0 radical (unpaired) electrons. The van der Waals surface area contributed by atoms with Crippen LogP contribution in [-0.2, 0) is 9.53 Å². The molecule has 2 bridgehead atoms. The van der Waals surface area contributed by atoms with Gasteiger partial charge in [0.05, 0.1) is 24.7 Å². The summed E-state index contributed by atoms with van der Waals surface area (Å²) in [6.45, 7) is 0.388. The van der Waals surface area contributed by atoms with Crippen LogP contribution in [0.1, 0.15) is 6.42 Å². The van der Waals surface area contributed by atoms with Crippen molar-refractivity contribution in [1.82, 2.24) is 0 Å². The van der Waals surface area contributed by atoms with Gasteiger partial charge in [0.25, 0.3) is 0 Å². The second kappa shape index (κ2) is 2.25. The standard InChI is InChI=1S/C9H12O4/c10-5-1-3-6-4(2-13-9(6)12)7(5)8(3)11/h3-8,10-11H,1-2H2/t3-,4+,5-,6-,7-,8+/m0/s1. The summed E-state index contributed by atoms with van der Waals surface area (Å²) in [6, 6.07) is 0. The van der Waals surface area contributed by atoms with Crippen LogP contribution in [0.2, 0.25) is 0 Å². The first kappa shape index (κ1) is 7.76. The lowest BCUT2D eigenvalue weighted by atomic mass is 9.80. The van der Waals surface area contributed by atoms with Crippen molar-refractivity contribution in [2.45, 2.75) is 18.6 Å². The van der Waals surface area contributed by atoms with Gasteiger partial charge in [0, 0.05) is 17.8 Å². The van der Waals surface area contributed by atoms with Gasteiger partial charge in [0.1, 0.15) is 0 Å². The lowest BCUT2D eigenvalue weighted by Gasteiger charge is -2.23. The maximum absolute atomic E-state index is 11.3. The molecule has 1 heterocycles. The molecule has 0 aromatic carbocycles. The minimum Gasteiger partial charge on any atom is -0.465 e. The van der Waals surface area contributed by atoms with Crippen molar-refractivity contribution in [3.05, 3.63) is 0 Å². The minimum atomic E-state index is -0.488. The Labute approximate surface area is 75.5 Å². The molecule has 2 saturated carbocycles. The minimum absolute atomic E-state index is 0.0556. The molecular weight excluding hydrogens is 172 g/mol. The van der Waals surface area contributed by atoms with Crippen molar-refractivity contribution in [2.24, 2.45) is 23.7 Å².